The number of thiazole rings is 1. The summed E-state index contributed by atoms with van der Waals surface area (Å²) in [6.07, 6.45) is -0.903. The fraction of sp³-hybridized carbons (Fsp3) is 0.321. The van der Waals surface area contributed by atoms with E-state index in [2.05, 4.69) is 20.4 Å². The maximum atomic E-state index is 13.6. The molecule has 0 saturated carbocycles. The zero-order valence-electron chi connectivity index (χ0n) is 22.7. The van der Waals surface area contributed by atoms with Crippen LogP contribution in [0.1, 0.15) is 34.6 Å². The van der Waals surface area contributed by atoms with E-state index in [-0.39, 0.29) is 17.4 Å². The Balaban J connectivity index is 1.55. The van der Waals surface area contributed by atoms with Crippen molar-refractivity contribution in [3.63, 3.8) is 0 Å². The van der Waals surface area contributed by atoms with Gasteiger partial charge in [0.15, 0.2) is 10.8 Å². The van der Waals surface area contributed by atoms with Crippen molar-refractivity contribution in [2.45, 2.75) is 31.7 Å². The zero-order chi connectivity index (χ0) is 29.4. The quantitative estimate of drug-likeness (QED) is 0.176. The summed E-state index contributed by atoms with van der Waals surface area (Å²) in [6.45, 7) is 2.54. The molecule has 0 aliphatic carbocycles. The van der Waals surface area contributed by atoms with Gasteiger partial charge in [-0.2, -0.15) is 0 Å². The average Bonchev–Trinajstić information content (AvgIpc) is 3.57. The maximum absolute atomic E-state index is 13.6. The van der Waals surface area contributed by atoms with E-state index in [4.69, 9.17) is 14.2 Å². The zero-order valence-corrected chi connectivity index (χ0v) is 23.5. The lowest BCUT2D eigenvalue weighted by Crippen LogP contribution is -2.53. The van der Waals surface area contributed by atoms with Gasteiger partial charge in [-0.3, -0.25) is 9.59 Å². The monoisotopic (exact) mass is 582 g/mol. The Bertz CT molecular complexity index is 1360. The molecule has 3 aromatic rings. The average molecular weight is 583 g/mol. The number of aromatic nitrogens is 1. The van der Waals surface area contributed by atoms with Gasteiger partial charge in [0.25, 0.3) is 11.8 Å². The first-order chi connectivity index (χ1) is 19.8. The third-order valence-electron chi connectivity index (χ3n) is 6.22. The third-order valence-corrected chi connectivity index (χ3v) is 6.97. The molecule has 1 fully saturated rings. The van der Waals surface area contributed by atoms with Crippen LogP contribution < -0.4 is 15.4 Å². The van der Waals surface area contributed by atoms with Crippen LogP contribution in [0.5, 0.6) is 5.75 Å². The van der Waals surface area contributed by atoms with Gasteiger partial charge in [0.2, 0.25) is 0 Å². The highest BCUT2D eigenvalue weighted by molar-refractivity contribution is 7.14. The van der Waals surface area contributed by atoms with E-state index >= 15 is 0 Å². The number of nitrogens with one attached hydrogen (secondary N) is 2. The van der Waals surface area contributed by atoms with Crippen LogP contribution >= 0.6 is 11.3 Å². The normalized spacial score (nSPS) is 16.2. The summed E-state index contributed by atoms with van der Waals surface area (Å²) in [5, 5.41) is 6.80. The lowest BCUT2D eigenvalue weighted by molar-refractivity contribution is -0.139. The standard InChI is InChI=1S/C28H30N4O8S/c1-17(40-15-18-7-5-4-6-8-18)23(24(33)31-27-29-21(16-41-27)26(35)38-3)32-25(34)22(30-28(32)36)19-9-11-20(12-10-19)39-14-13-37-2/h4-12,16-17,22-23H,13-15H2,1-3H3,(H,30,36)(H,29,31,33)/t17-,22?,23+/m1/s1. The van der Waals surface area contributed by atoms with Gasteiger partial charge < -0.3 is 29.6 Å². The number of methoxy groups -OCH3 is 2. The Morgan fingerprint density at radius 3 is 2.49 bits per heavy atom. The molecule has 2 heterocycles. The van der Waals surface area contributed by atoms with Gasteiger partial charge in [-0.25, -0.2) is 19.5 Å². The number of esters is 1. The number of carbonyl (C=O) groups is 4. The van der Waals surface area contributed by atoms with E-state index in [9.17, 15) is 19.2 Å². The SMILES string of the molecule is COCCOc1ccc(C2NC(=O)N([C@H](C(=O)Nc3nc(C(=O)OC)cs3)[C@@H](C)OCc3ccccc3)C2=O)cc1. The molecule has 2 aromatic carbocycles. The highest BCUT2D eigenvalue weighted by Crippen LogP contribution is 2.28. The van der Waals surface area contributed by atoms with Gasteiger partial charge in [-0.15, -0.1) is 11.3 Å². The van der Waals surface area contributed by atoms with Crippen molar-refractivity contribution in [3.05, 3.63) is 76.8 Å². The van der Waals surface area contributed by atoms with Crippen LogP contribution in [0.4, 0.5) is 9.93 Å². The molecule has 41 heavy (non-hydrogen) atoms. The molecule has 1 aromatic heterocycles. The first kappa shape index (κ1) is 29.6. The predicted octanol–water partition coefficient (Wildman–Crippen LogP) is 3.16. The molecule has 1 aliphatic rings. The summed E-state index contributed by atoms with van der Waals surface area (Å²) in [7, 11) is 2.79. The van der Waals surface area contributed by atoms with E-state index < -0.39 is 42.0 Å². The lowest BCUT2D eigenvalue weighted by Gasteiger charge is -2.29. The van der Waals surface area contributed by atoms with Crippen molar-refractivity contribution < 1.29 is 38.1 Å². The smallest absolute Gasteiger partial charge is 0.357 e. The Kier molecular flexibility index (Phi) is 10.0. The number of rotatable bonds is 13. The second-order valence-electron chi connectivity index (χ2n) is 8.97. The van der Waals surface area contributed by atoms with E-state index in [1.165, 1.54) is 12.5 Å². The Labute approximate surface area is 240 Å². The second kappa shape index (κ2) is 13.8. The summed E-state index contributed by atoms with van der Waals surface area (Å²) in [5.41, 5.74) is 1.39. The van der Waals surface area contributed by atoms with Gasteiger partial charge >= 0.3 is 12.0 Å². The summed E-state index contributed by atoms with van der Waals surface area (Å²) >= 11 is 1.00. The number of carbonyl (C=O) groups excluding carboxylic acids is 4. The number of imide groups is 1. The molecule has 13 heteroatoms. The van der Waals surface area contributed by atoms with Crippen LogP contribution in [0, 0.1) is 0 Å². The summed E-state index contributed by atoms with van der Waals surface area (Å²) in [5.74, 6) is -1.41. The molecule has 4 rings (SSSR count). The number of urea groups is 1. The first-order valence-corrected chi connectivity index (χ1v) is 13.6. The third kappa shape index (κ3) is 7.25. The van der Waals surface area contributed by atoms with Crippen LogP contribution in [0.3, 0.4) is 0 Å². The van der Waals surface area contributed by atoms with E-state index in [0.717, 1.165) is 21.8 Å². The number of benzene rings is 2. The number of anilines is 1. The molecular formula is C28H30N4O8S. The van der Waals surface area contributed by atoms with Crippen molar-refractivity contribution in [3.8, 4) is 5.75 Å². The summed E-state index contributed by atoms with van der Waals surface area (Å²) < 4.78 is 21.2. The minimum atomic E-state index is -1.35. The topological polar surface area (TPSA) is 145 Å². The van der Waals surface area contributed by atoms with Crippen LogP contribution in [-0.4, -0.2) is 73.3 Å². The minimum Gasteiger partial charge on any atom is -0.491 e. The van der Waals surface area contributed by atoms with Gasteiger partial charge in [-0.05, 0) is 30.2 Å². The molecular weight excluding hydrogens is 552 g/mol. The fourth-order valence-electron chi connectivity index (χ4n) is 4.12. The molecule has 0 spiro atoms. The highest BCUT2D eigenvalue weighted by atomic mass is 32.1. The number of hydrogen-bond acceptors (Lipinski definition) is 10. The predicted molar refractivity (Wildman–Crippen MR) is 148 cm³/mol. The molecule has 0 radical (unpaired) electrons. The molecule has 1 aliphatic heterocycles. The van der Waals surface area contributed by atoms with Gasteiger partial charge in [-0.1, -0.05) is 42.5 Å². The number of nitrogens with zero attached hydrogens (tertiary/aromatic N) is 2. The number of amides is 4. The molecule has 12 nitrogen and oxygen atoms in total. The largest absolute Gasteiger partial charge is 0.491 e. The maximum Gasteiger partial charge on any atom is 0.357 e. The van der Waals surface area contributed by atoms with Crippen molar-refractivity contribution >= 4 is 40.3 Å². The van der Waals surface area contributed by atoms with Crippen molar-refractivity contribution in [1.82, 2.24) is 15.2 Å². The molecule has 3 atom stereocenters. The van der Waals surface area contributed by atoms with Crippen molar-refractivity contribution in [1.29, 1.82) is 0 Å². The summed E-state index contributed by atoms with van der Waals surface area (Å²) in [6, 6.07) is 12.9. The van der Waals surface area contributed by atoms with Crippen LogP contribution in [-0.2, 0) is 30.4 Å². The molecule has 1 unspecified atom stereocenters. The molecule has 216 valence electrons. The van der Waals surface area contributed by atoms with Crippen LogP contribution in [0.15, 0.2) is 60.0 Å². The number of hydrogen-bond donors (Lipinski definition) is 2. The van der Waals surface area contributed by atoms with E-state index in [0.29, 0.717) is 24.5 Å². The Morgan fingerprint density at radius 2 is 1.80 bits per heavy atom. The van der Waals surface area contributed by atoms with Crippen LogP contribution in [0.2, 0.25) is 0 Å². The van der Waals surface area contributed by atoms with Gasteiger partial charge in [0, 0.05) is 12.5 Å². The van der Waals surface area contributed by atoms with Crippen molar-refractivity contribution in [2.75, 3.05) is 32.8 Å². The second-order valence-corrected chi connectivity index (χ2v) is 9.82. The molecule has 2 N–H and O–H groups in total. The summed E-state index contributed by atoms with van der Waals surface area (Å²) in [4.78, 5) is 57.1. The molecule has 1 saturated heterocycles. The minimum absolute atomic E-state index is 0.0161. The van der Waals surface area contributed by atoms with Crippen LogP contribution in [0.25, 0.3) is 0 Å². The van der Waals surface area contributed by atoms with E-state index in [1.807, 2.05) is 30.3 Å². The Morgan fingerprint density at radius 1 is 1.07 bits per heavy atom. The Hall–Kier alpha value is -4.33. The lowest BCUT2D eigenvalue weighted by atomic mass is 10.1. The first-order valence-electron chi connectivity index (χ1n) is 12.7. The number of ether oxygens (including phenoxy) is 4. The highest BCUT2D eigenvalue weighted by Gasteiger charge is 2.47. The van der Waals surface area contributed by atoms with Gasteiger partial charge in [0.05, 0.1) is 26.4 Å². The molecule has 0 bridgehead atoms. The van der Waals surface area contributed by atoms with Crippen molar-refractivity contribution in [2.24, 2.45) is 0 Å². The van der Waals surface area contributed by atoms with E-state index in [1.54, 1.807) is 38.3 Å². The fourth-order valence-corrected chi connectivity index (χ4v) is 4.81. The van der Waals surface area contributed by atoms with Gasteiger partial charge in [0.1, 0.15) is 24.4 Å². The molecule has 4 amide bonds.